The molecule has 2 N–H and O–H groups in total. The first-order valence-corrected chi connectivity index (χ1v) is 5.99. The van der Waals surface area contributed by atoms with Crippen molar-refractivity contribution in [2.45, 2.75) is 6.92 Å². The van der Waals surface area contributed by atoms with Crippen molar-refractivity contribution < 1.29 is 4.74 Å². The minimum Gasteiger partial charge on any atom is -0.492 e. The molecule has 0 amide bonds. The largest absolute Gasteiger partial charge is 0.492 e. The molecular weight excluding hydrogens is 230 g/mol. The lowest BCUT2D eigenvalue weighted by molar-refractivity contribution is 0.297. The number of ether oxygens (including phenoxy) is 1. The number of nitrogens with two attached hydrogens (primary N) is 1. The van der Waals surface area contributed by atoms with Gasteiger partial charge in [0.15, 0.2) is 0 Å². The fourth-order valence-electron chi connectivity index (χ4n) is 1.62. The standard InChI is InChI=1S/C14H15NOS/c1-10(14(15)17)9-16-13-8-4-6-11-5-2-3-7-12(11)13/h2-8,10H,9H2,1H3,(H2,15,17). The second-order valence-electron chi connectivity index (χ2n) is 4.09. The first-order chi connectivity index (χ1) is 8.18. The molecule has 0 spiro atoms. The molecule has 2 aromatic rings. The molecule has 0 aliphatic rings. The van der Waals surface area contributed by atoms with Gasteiger partial charge in [-0.05, 0) is 11.5 Å². The van der Waals surface area contributed by atoms with Crippen LogP contribution in [0.4, 0.5) is 0 Å². The van der Waals surface area contributed by atoms with E-state index in [2.05, 4.69) is 18.2 Å². The average Bonchev–Trinajstić information content (AvgIpc) is 2.35. The molecule has 0 fully saturated rings. The molecule has 1 atom stereocenters. The Kier molecular flexibility index (Phi) is 3.59. The van der Waals surface area contributed by atoms with E-state index in [0.717, 1.165) is 11.1 Å². The van der Waals surface area contributed by atoms with Crippen molar-refractivity contribution in [2.24, 2.45) is 11.7 Å². The number of rotatable bonds is 4. The van der Waals surface area contributed by atoms with Gasteiger partial charge in [-0.15, -0.1) is 0 Å². The highest BCUT2D eigenvalue weighted by molar-refractivity contribution is 7.80. The maximum absolute atomic E-state index is 5.77. The Bertz CT molecular complexity index is 533. The number of hydrogen-bond acceptors (Lipinski definition) is 2. The molecule has 17 heavy (non-hydrogen) atoms. The van der Waals surface area contributed by atoms with E-state index in [9.17, 15) is 0 Å². The van der Waals surface area contributed by atoms with E-state index in [4.69, 9.17) is 22.7 Å². The number of fused-ring (bicyclic) bond motifs is 1. The van der Waals surface area contributed by atoms with Crippen LogP contribution >= 0.6 is 12.2 Å². The third kappa shape index (κ3) is 2.74. The van der Waals surface area contributed by atoms with E-state index in [-0.39, 0.29) is 5.92 Å². The van der Waals surface area contributed by atoms with Crippen LogP contribution < -0.4 is 10.5 Å². The Morgan fingerprint density at radius 3 is 2.71 bits per heavy atom. The molecule has 0 aromatic heterocycles. The molecule has 0 aliphatic carbocycles. The second kappa shape index (κ2) is 5.15. The van der Waals surface area contributed by atoms with Crippen molar-refractivity contribution in [2.75, 3.05) is 6.61 Å². The molecule has 0 radical (unpaired) electrons. The van der Waals surface area contributed by atoms with E-state index in [0.29, 0.717) is 11.6 Å². The van der Waals surface area contributed by atoms with Crippen molar-refractivity contribution in [3.8, 4) is 5.75 Å². The summed E-state index contributed by atoms with van der Waals surface area (Å²) in [6.07, 6.45) is 0. The van der Waals surface area contributed by atoms with Gasteiger partial charge in [-0.1, -0.05) is 55.5 Å². The van der Waals surface area contributed by atoms with Crippen LogP contribution in [-0.2, 0) is 0 Å². The van der Waals surface area contributed by atoms with Gasteiger partial charge in [0.05, 0.1) is 11.6 Å². The Labute approximate surface area is 106 Å². The summed E-state index contributed by atoms with van der Waals surface area (Å²) in [6.45, 7) is 2.48. The molecular formula is C14H15NOS. The summed E-state index contributed by atoms with van der Waals surface area (Å²) < 4.78 is 5.77. The molecule has 0 saturated heterocycles. The summed E-state index contributed by atoms with van der Waals surface area (Å²) in [4.78, 5) is 0.491. The van der Waals surface area contributed by atoms with E-state index in [1.807, 2.05) is 31.2 Å². The summed E-state index contributed by atoms with van der Waals surface area (Å²) in [5.74, 6) is 0.968. The van der Waals surface area contributed by atoms with Crippen LogP contribution in [-0.4, -0.2) is 11.6 Å². The number of hydrogen-bond donors (Lipinski definition) is 1. The van der Waals surface area contributed by atoms with Crippen LogP contribution in [0.1, 0.15) is 6.92 Å². The fourth-order valence-corrected chi connectivity index (χ4v) is 1.69. The van der Waals surface area contributed by atoms with Crippen molar-refractivity contribution in [3.63, 3.8) is 0 Å². The Hall–Kier alpha value is -1.61. The normalized spacial score (nSPS) is 12.3. The van der Waals surface area contributed by atoms with Crippen molar-refractivity contribution in [1.29, 1.82) is 0 Å². The first kappa shape index (κ1) is 11.9. The quantitative estimate of drug-likeness (QED) is 0.840. The summed E-state index contributed by atoms with van der Waals surface area (Å²) in [7, 11) is 0. The van der Waals surface area contributed by atoms with Gasteiger partial charge in [0.1, 0.15) is 5.75 Å². The molecule has 0 bridgehead atoms. The van der Waals surface area contributed by atoms with Gasteiger partial charge in [-0.2, -0.15) is 0 Å². The van der Waals surface area contributed by atoms with E-state index < -0.39 is 0 Å². The minimum absolute atomic E-state index is 0.0870. The van der Waals surface area contributed by atoms with Crippen LogP contribution in [0, 0.1) is 5.92 Å². The smallest absolute Gasteiger partial charge is 0.127 e. The summed E-state index contributed by atoms with van der Waals surface area (Å²) >= 11 is 4.93. The molecule has 3 heteroatoms. The molecule has 2 aromatic carbocycles. The molecule has 88 valence electrons. The second-order valence-corrected chi connectivity index (χ2v) is 4.56. The van der Waals surface area contributed by atoms with Gasteiger partial charge < -0.3 is 10.5 Å². The monoisotopic (exact) mass is 245 g/mol. The van der Waals surface area contributed by atoms with Crippen LogP contribution in [0.5, 0.6) is 5.75 Å². The number of thiocarbonyl (C=S) groups is 1. The van der Waals surface area contributed by atoms with Crippen LogP contribution in [0.15, 0.2) is 42.5 Å². The lowest BCUT2D eigenvalue weighted by atomic mass is 10.1. The molecule has 2 nitrogen and oxygen atoms in total. The molecule has 0 heterocycles. The third-order valence-electron chi connectivity index (χ3n) is 2.72. The van der Waals surface area contributed by atoms with E-state index in [1.165, 1.54) is 5.39 Å². The van der Waals surface area contributed by atoms with Gasteiger partial charge in [0, 0.05) is 11.3 Å². The van der Waals surface area contributed by atoms with E-state index >= 15 is 0 Å². The fraction of sp³-hybridized carbons (Fsp3) is 0.214. The zero-order valence-electron chi connectivity index (χ0n) is 9.72. The van der Waals surface area contributed by atoms with Gasteiger partial charge in [0.2, 0.25) is 0 Å². The van der Waals surface area contributed by atoms with Crippen LogP contribution in [0.3, 0.4) is 0 Å². The van der Waals surface area contributed by atoms with Crippen molar-refractivity contribution >= 4 is 28.0 Å². The van der Waals surface area contributed by atoms with Crippen LogP contribution in [0.25, 0.3) is 10.8 Å². The SMILES string of the molecule is CC(COc1cccc2ccccc12)C(N)=S. The minimum atomic E-state index is 0.0870. The zero-order chi connectivity index (χ0) is 12.3. The van der Waals surface area contributed by atoms with Crippen molar-refractivity contribution in [3.05, 3.63) is 42.5 Å². The highest BCUT2D eigenvalue weighted by atomic mass is 32.1. The average molecular weight is 245 g/mol. The Morgan fingerprint density at radius 2 is 1.94 bits per heavy atom. The van der Waals surface area contributed by atoms with Gasteiger partial charge in [-0.25, -0.2) is 0 Å². The van der Waals surface area contributed by atoms with Crippen molar-refractivity contribution in [1.82, 2.24) is 0 Å². The zero-order valence-corrected chi connectivity index (χ0v) is 10.5. The van der Waals surface area contributed by atoms with Gasteiger partial charge >= 0.3 is 0 Å². The topological polar surface area (TPSA) is 35.2 Å². The van der Waals surface area contributed by atoms with Crippen LogP contribution in [0.2, 0.25) is 0 Å². The summed E-state index contributed by atoms with van der Waals surface area (Å²) in [5, 5.41) is 2.29. The lowest BCUT2D eigenvalue weighted by Gasteiger charge is -2.13. The lowest BCUT2D eigenvalue weighted by Crippen LogP contribution is -2.24. The predicted octanol–water partition coefficient (Wildman–Crippen LogP) is 3.14. The molecule has 1 unspecified atom stereocenters. The third-order valence-corrected chi connectivity index (χ3v) is 3.13. The predicted molar refractivity (Wildman–Crippen MR) is 75.4 cm³/mol. The maximum Gasteiger partial charge on any atom is 0.127 e. The van der Waals surface area contributed by atoms with Gasteiger partial charge in [0.25, 0.3) is 0 Å². The molecule has 0 saturated carbocycles. The molecule has 2 rings (SSSR count). The first-order valence-electron chi connectivity index (χ1n) is 5.58. The Morgan fingerprint density at radius 1 is 1.24 bits per heavy atom. The maximum atomic E-state index is 5.77. The summed E-state index contributed by atoms with van der Waals surface area (Å²) in [6, 6.07) is 14.2. The summed E-state index contributed by atoms with van der Waals surface area (Å²) in [5.41, 5.74) is 5.56. The highest BCUT2D eigenvalue weighted by Crippen LogP contribution is 2.25. The van der Waals surface area contributed by atoms with Gasteiger partial charge in [-0.3, -0.25) is 0 Å². The Balaban J connectivity index is 2.21. The number of benzene rings is 2. The highest BCUT2D eigenvalue weighted by Gasteiger charge is 2.07. The molecule has 0 aliphatic heterocycles. The van der Waals surface area contributed by atoms with E-state index in [1.54, 1.807) is 0 Å².